The molecule has 0 spiro atoms. The average Bonchev–Trinajstić information content (AvgIpc) is 2.79. The van der Waals surface area contributed by atoms with Gasteiger partial charge in [-0.2, -0.15) is 0 Å². The Morgan fingerprint density at radius 2 is 1.67 bits per heavy atom. The number of benzene rings is 3. The lowest BCUT2D eigenvalue weighted by atomic mass is 10.1. The molecule has 3 aromatic carbocycles. The molecule has 0 saturated heterocycles. The summed E-state index contributed by atoms with van der Waals surface area (Å²) in [5.41, 5.74) is 12.9. The molecule has 30 heavy (non-hydrogen) atoms. The third kappa shape index (κ3) is 6.31. The van der Waals surface area contributed by atoms with E-state index in [4.69, 9.17) is 16.2 Å². The molecular formula is C25H31N3O2. The van der Waals surface area contributed by atoms with Crippen LogP contribution in [0.3, 0.4) is 0 Å². The molecule has 0 heterocycles. The van der Waals surface area contributed by atoms with Gasteiger partial charge in [-0.15, -0.1) is 0 Å². The molecule has 0 radical (unpaired) electrons. The van der Waals surface area contributed by atoms with Crippen molar-refractivity contribution in [2.45, 2.75) is 25.3 Å². The summed E-state index contributed by atoms with van der Waals surface area (Å²) in [7, 11) is 0. The Bertz CT molecular complexity index is 930. The number of hydrogen-bond donors (Lipinski definition) is 2. The van der Waals surface area contributed by atoms with Crippen LogP contribution in [0.25, 0.3) is 10.8 Å². The minimum absolute atomic E-state index is 0.0403. The van der Waals surface area contributed by atoms with Gasteiger partial charge < -0.3 is 21.1 Å². The van der Waals surface area contributed by atoms with E-state index in [2.05, 4.69) is 24.3 Å². The Hall–Kier alpha value is -2.89. The van der Waals surface area contributed by atoms with Crippen LogP contribution in [0.15, 0.2) is 72.8 Å². The summed E-state index contributed by atoms with van der Waals surface area (Å²) in [6.45, 7) is 2.06. The Kier molecular flexibility index (Phi) is 8.24. The molecule has 4 N–H and O–H groups in total. The van der Waals surface area contributed by atoms with Crippen LogP contribution < -0.4 is 16.2 Å². The number of carbonyl (C=O) groups is 1. The first-order valence-electron chi connectivity index (χ1n) is 10.6. The topological polar surface area (TPSA) is 81.6 Å². The molecule has 0 aliphatic rings. The number of ether oxygens (including phenoxy) is 1. The SMILES string of the molecule is NCCC[C@@H](N)C(=O)N(CCOc1ccc2ccccc2c1)CCc1ccccc1. The van der Waals surface area contributed by atoms with Crippen molar-refractivity contribution in [1.82, 2.24) is 4.90 Å². The van der Waals surface area contributed by atoms with Crippen LogP contribution in [0.4, 0.5) is 0 Å². The smallest absolute Gasteiger partial charge is 0.239 e. The Labute approximate surface area is 178 Å². The van der Waals surface area contributed by atoms with E-state index in [1.54, 1.807) is 0 Å². The molecule has 0 saturated carbocycles. The summed E-state index contributed by atoms with van der Waals surface area (Å²) in [6.07, 6.45) is 2.13. The van der Waals surface area contributed by atoms with Crippen LogP contribution >= 0.6 is 0 Å². The van der Waals surface area contributed by atoms with Gasteiger partial charge in [0.1, 0.15) is 12.4 Å². The molecule has 0 aliphatic carbocycles. The lowest BCUT2D eigenvalue weighted by molar-refractivity contribution is -0.133. The van der Waals surface area contributed by atoms with Crippen LogP contribution in [0.2, 0.25) is 0 Å². The highest BCUT2D eigenvalue weighted by molar-refractivity contribution is 5.83. The maximum atomic E-state index is 12.9. The van der Waals surface area contributed by atoms with Gasteiger partial charge >= 0.3 is 0 Å². The third-order valence-corrected chi connectivity index (χ3v) is 5.21. The standard InChI is InChI=1S/C25H31N3O2/c26-15-6-11-24(27)25(29)28(16-14-20-7-2-1-3-8-20)17-18-30-23-13-12-21-9-4-5-10-22(21)19-23/h1-5,7-10,12-13,19,24H,6,11,14-18,26-27H2/t24-/m1/s1. The monoisotopic (exact) mass is 405 g/mol. The van der Waals surface area contributed by atoms with Crippen LogP contribution in [0, 0.1) is 0 Å². The van der Waals surface area contributed by atoms with E-state index in [0.717, 1.165) is 24.0 Å². The Morgan fingerprint density at radius 3 is 2.43 bits per heavy atom. The summed E-state index contributed by atoms with van der Waals surface area (Å²) >= 11 is 0. The highest BCUT2D eigenvalue weighted by Gasteiger charge is 2.20. The number of rotatable bonds is 11. The van der Waals surface area contributed by atoms with E-state index in [1.165, 1.54) is 10.9 Å². The second-order valence-corrected chi connectivity index (χ2v) is 7.46. The number of carbonyl (C=O) groups excluding carboxylic acids is 1. The summed E-state index contributed by atoms with van der Waals surface area (Å²) < 4.78 is 5.95. The number of nitrogens with zero attached hydrogens (tertiary/aromatic N) is 1. The van der Waals surface area contributed by atoms with Crippen LogP contribution in [-0.2, 0) is 11.2 Å². The zero-order chi connectivity index (χ0) is 21.2. The summed E-state index contributed by atoms with van der Waals surface area (Å²) in [6, 6.07) is 23.8. The molecule has 3 aromatic rings. The highest BCUT2D eigenvalue weighted by Crippen LogP contribution is 2.20. The van der Waals surface area contributed by atoms with Crippen molar-refractivity contribution in [2.75, 3.05) is 26.2 Å². The van der Waals surface area contributed by atoms with Gasteiger partial charge in [0.05, 0.1) is 12.6 Å². The van der Waals surface area contributed by atoms with Gasteiger partial charge in [-0.3, -0.25) is 4.79 Å². The first-order valence-corrected chi connectivity index (χ1v) is 10.6. The summed E-state index contributed by atoms with van der Waals surface area (Å²) in [4.78, 5) is 14.7. The second-order valence-electron chi connectivity index (χ2n) is 7.46. The van der Waals surface area contributed by atoms with Gasteiger partial charge in [0.2, 0.25) is 5.91 Å². The molecule has 158 valence electrons. The zero-order valence-electron chi connectivity index (χ0n) is 17.4. The van der Waals surface area contributed by atoms with Gasteiger partial charge in [0.15, 0.2) is 0 Å². The predicted molar refractivity (Wildman–Crippen MR) is 122 cm³/mol. The van der Waals surface area contributed by atoms with Crippen LogP contribution in [0.1, 0.15) is 18.4 Å². The number of amides is 1. The van der Waals surface area contributed by atoms with E-state index in [1.807, 2.05) is 53.4 Å². The molecule has 0 bridgehead atoms. The van der Waals surface area contributed by atoms with Gasteiger partial charge in [0.25, 0.3) is 0 Å². The lowest BCUT2D eigenvalue weighted by Gasteiger charge is -2.26. The molecule has 0 aromatic heterocycles. The quantitative estimate of drug-likeness (QED) is 0.513. The van der Waals surface area contributed by atoms with Crippen molar-refractivity contribution < 1.29 is 9.53 Å². The van der Waals surface area contributed by atoms with Gasteiger partial charge in [0, 0.05) is 6.54 Å². The van der Waals surface area contributed by atoms with E-state index in [-0.39, 0.29) is 5.91 Å². The number of nitrogens with two attached hydrogens (primary N) is 2. The minimum atomic E-state index is -0.523. The third-order valence-electron chi connectivity index (χ3n) is 5.21. The average molecular weight is 406 g/mol. The van der Waals surface area contributed by atoms with Crippen molar-refractivity contribution in [1.29, 1.82) is 0 Å². The van der Waals surface area contributed by atoms with E-state index < -0.39 is 6.04 Å². The molecule has 0 unspecified atom stereocenters. The maximum absolute atomic E-state index is 12.9. The van der Waals surface area contributed by atoms with Crippen LogP contribution in [-0.4, -0.2) is 43.1 Å². The zero-order valence-corrected chi connectivity index (χ0v) is 17.4. The first kappa shape index (κ1) is 21.8. The van der Waals surface area contributed by atoms with Gasteiger partial charge in [-0.1, -0.05) is 60.7 Å². The molecule has 5 heteroatoms. The minimum Gasteiger partial charge on any atom is -0.492 e. The second kappa shape index (κ2) is 11.3. The van der Waals surface area contributed by atoms with Crippen molar-refractivity contribution in [3.63, 3.8) is 0 Å². The fourth-order valence-corrected chi connectivity index (χ4v) is 3.47. The molecule has 0 fully saturated rings. The van der Waals surface area contributed by atoms with Crippen molar-refractivity contribution in [3.05, 3.63) is 78.4 Å². The maximum Gasteiger partial charge on any atom is 0.239 e. The molecule has 5 nitrogen and oxygen atoms in total. The summed E-state index contributed by atoms with van der Waals surface area (Å²) in [5, 5.41) is 2.31. The van der Waals surface area contributed by atoms with Gasteiger partial charge in [-0.25, -0.2) is 0 Å². The molecule has 1 atom stereocenters. The normalized spacial score (nSPS) is 11.9. The Morgan fingerprint density at radius 1 is 0.933 bits per heavy atom. The van der Waals surface area contributed by atoms with Gasteiger partial charge in [-0.05, 0) is 54.3 Å². The largest absolute Gasteiger partial charge is 0.492 e. The number of fused-ring (bicyclic) bond motifs is 1. The van der Waals surface area contributed by atoms with Crippen LogP contribution in [0.5, 0.6) is 5.75 Å². The molecule has 3 rings (SSSR count). The van der Waals surface area contributed by atoms with E-state index in [0.29, 0.717) is 32.7 Å². The fraction of sp³-hybridized carbons (Fsp3) is 0.320. The molecular weight excluding hydrogens is 374 g/mol. The predicted octanol–water partition coefficient (Wildman–Crippen LogP) is 3.36. The van der Waals surface area contributed by atoms with Crippen molar-refractivity contribution >= 4 is 16.7 Å². The fourth-order valence-electron chi connectivity index (χ4n) is 3.47. The van der Waals surface area contributed by atoms with E-state index >= 15 is 0 Å². The highest BCUT2D eigenvalue weighted by atomic mass is 16.5. The lowest BCUT2D eigenvalue weighted by Crippen LogP contribution is -2.46. The summed E-state index contributed by atoms with van der Waals surface area (Å²) in [5.74, 6) is 0.762. The van der Waals surface area contributed by atoms with Crippen molar-refractivity contribution in [2.24, 2.45) is 11.5 Å². The Balaban J connectivity index is 1.60. The first-order chi connectivity index (χ1) is 14.7. The van der Waals surface area contributed by atoms with E-state index in [9.17, 15) is 4.79 Å². The molecule has 1 amide bonds. The number of hydrogen-bond acceptors (Lipinski definition) is 4. The van der Waals surface area contributed by atoms with Crippen molar-refractivity contribution in [3.8, 4) is 5.75 Å². The molecule has 0 aliphatic heterocycles.